The van der Waals surface area contributed by atoms with E-state index in [1.165, 1.54) is 6.92 Å². The Morgan fingerprint density at radius 1 is 1.26 bits per heavy atom. The molecule has 0 fully saturated rings. The van der Waals surface area contributed by atoms with E-state index in [2.05, 4.69) is 10.2 Å². The third kappa shape index (κ3) is 12.4. The Labute approximate surface area is 138 Å². The van der Waals surface area contributed by atoms with Gasteiger partial charge in [-0.3, -0.25) is 9.59 Å². The van der Waals surface area contributed by atoms with Crippen LogP contribution < -0.4 is 5.32 Å². The highest BCUT2D eigenvalue weighted by atomic mass is 32.2. The van der Waals surface area contributed by atoms with E-state index in [4.69, 9.17) is 4.74 Å². The maximum Gasteiger partial charge on any atom is 0.329 e. The quantitative estimate of drug-likeness (QED) is 0.240. The standard InChI is InChI=1S/C13H22N2O7S/c1-3-21-13(18)11(14-10(2)16)9-23-12(17)7-5-4-6-8-22-15(19)20/h11H,3-9H2,1-2H3,(H,14,16)/t11-/m0/s1. The summed E-state index contributed by atoms with van der Waals surface area (Å²) >= 11 is 0.955. The fourth-order valence-corrected chi connectivity index (χ4v) is 2.45. The molecule has 10 heteroatoms. The Balaban J connectivity index is 3.95. The first-order chi connectivity index (χ1) is 10.9. The predicted molar refractivity (Wildman–Crippen MR) is 83.1 cm³/mol. The molecular weight excluding hydrogens is 328 g/mol. The lowest BCUT2D eigenvalue weighted by atomic mass is 10.2. The highest BCUT2D eigenvalue weighted by Gasteiger charge is 2.22. The summed E-state index contributed by atoms with van der Waals surface area (Å²) in [7, 11) is 0. The van der Waals surface area contributed by atoms with Gasteiger partial charge >= 0.3 is 5.97 Å². The lowest BCUT2D eigenvalue weighted by Gasteiger charge is -2.15. The van der Waals surface area contributed by atoms with Gasteiger partial charge in [-0.2, -0.15) is 0 Å². The summed E-state index contributed by atoms with van der Waals surface area (Å²) in [4.78, 5) is 48.5. The first kappa shape index (κ1) is 21.2. The molecular formula is C13H22N2O7S. The molecule has 0 aliphatic heterocycles. The van der Waals surface area contributed by atoms with Gasteiger partial charge < -0.3 is 14.9 Å². The number of carbonyl (C=O) groups excluding carboxylic acids is 3. The second-order valence-corrected chi connectivity index (χ2v) is 5.63. The van der Waals surface area contributed by atoms with Gasteiger partial charge in [0.05, 0.1) is 13.2 Å². The van der Waals surface area contributed by atoms with Gasteiger partial charge in [0, 0.05) is 19.1 Å². The van der Waals surface area contributed by atoms with Gasteiger partial charge in [0.25, 0.3) is 5.09 Å². The van der Waals surface area contributed by atoms with E-state index in [1.807, 2.05) is 0 Å². The van der Waals surface area contributed by atoms with E-state index >= 15 is 0 Å². The minimum Gasteiger partial charge on any atom is -0.464 e. The molecule has 1 atom stereocenters. The molecule has 0 saturated heterocycles. The minimum absolute atomic E-state index is 0.0157. The Kier molecular flexibility index (Phi) is 11.7. The maximum absolute atomic E-state index is 11.7. The second-order valence-electron chi connectivity index (χ2n) is 4.56. The topological polar surface area (TPSA) is 125 Å². The van der Waals surface area contributed by atoms with Crippen molar-refractivity contribution in [2.24, 2.45) is 0 Å². The summed E-state index contributed by atoms with van der Waals surface area (Å²) in [6.45, 7) is 3.15. The third-order valence-corrected chi connectivity index (χ3v) is 3.61. The fraction of sp³-hybridized carbons (Fsp3) is 0.769. The van der Waals surface area contributed by atoms with Crippen LogP contribution in [0.2, 0.25) is 0 Å². The number of ether oxygens (including phenoxy) is 1. The summed E-state index contributed by atoms with van der Waals surface area (Å²) in [6.07, 6.45) is 2.00. The van der Waals surface area contributed by atoms with Gasteiger partial charge in [0.1, 0.15) is 6.04 Å². The van der Waals surface area contributed by atoms with E-state index in [0.29, 0.717) is 25.7 Å². The smallest absolute Gasteiger partial charge is 0.329 e. The van der Waals surface area contributed by atoms with Crippen LogP contribution in [-0.2, 0) is 24.0 Å². The van der Waals surface area contributed by atoms with Crippen molar-refractivity contribution in [3.63, 3.8) is 0 Å². The van der Waals surface area contributed by atoms with Gasteiger partial charge in [-0.15, -0.1) is 10.1 Å². The summed E-state index contributed by atoms with van der Waals surface area (Å²) < 4.78 is 4.83. The number of hydrogen-bond acceptors (Lipinski definition) is 8. The van der Waals surface area contributed by atoms with Gasteiger partial charge in [-0.1, -0.05) is 18.2 Å². The lowest BCUT2D eigenvalue weighted by Crippen LogP contribution is -2.42. The number of thioether (sulfide) groups is 1. The Morgan fingerprint density at radius 3 is 2.52 bits per heavy atom. The van der Waals surface area contributed by atoms with E-state index in [-0.39, 0.29) is 30.0 Å². The van der Waals surface area contributed by atoms with Gasteiger partial charge in [0.15, 0.2) is 5.12 Å². The molecule has 9 nitrogen and oxygen atoms in total. The van der Waals surface area contributed by atoms with Crippen molar-refractivity contribution >= 4 is 28.8 Å². The Morgan fingerprint density at radius 2 is 1.96 bits per heavy atom. The normalized spacial score (nSPS) is 11.4. The van der Waals surface area contributed by atoms with Crippen molar-refractivity contribution in [3.8, 4) is 0 Å². The van der Waals surface area contributed by atoms with Crippen molar-refractivity contribution in [2.45, 2.75) is 45.6 Å². The molecule has 1 amide bonds. The molecule has 23 heavy (non-hydrogen) atoms. The number of rotatable bonds is 12. The van der Waals surface area contributed by atoms with Crippen LogP contribution in [0.1, 0.15) is 39.5 Å². The predicted octanol–water partition coefficient (Wildman–Crippen LogP) is 1.08. The Bertz CT molecular complexity index is 417. The number of esters is 1. The molecule has 0 bridgehead atoms. The molecule has 0 unspecified atom stereocenters. The molecule has 0 aromatic heterocycles. The zero-order valence-corrected chi connectivity index (χ0v) is 14.1. The van der Waals surface area contributed by atoms with E-state index in [9.17, 15) is 24.5 Å². The van der Waals surface area contributed by atoms with Crippen molar-refractivity contribution in [3.05, 3.63) is 10.1 Å². The average molecular weight is 350 g/mol. The number of hydrogen-bond donors (Lipinski definition) is 1. The monoisotopic (exact) mass is 350 g/mol. The molecule has 0 aromatic carbocycles. The van der Waals surface area contributed by atoms with Crippen molar-refractivity contribution in [1.82, 2.24) is 5.32 Å². The maximum atomic E-state index is 11.7. The van der Waals surface area contributed by atoms with E-state index in [1.54, 1.807) is 6.92 Å². The SMILES string of the molecule is CCOC(=O)[C@H](CSC(=O)CCCCCO[N+](=O)[O-])NC(C)=O. The summed E-state index contributed by atoms with van der Waals surface area (Å²) in [6, 6.07) is -0.852. The number of unbranched alkanes of at least 4 members (excludes halogenated alkanes) is 2. The van der Waals surface area contributed by atoms with Gasteiger partial charge in [-0.05, 0) is 19.8 Å². The molecule has 0 saturated carbocycles. The largest absolute Gasteiger partial charge is 0.464 e. The van der Waals surface area contributed by atoms with Gasteiger partial charge in [-0.25, -0.2) is 4.79 Å². The number of carbonyl (C=O) groups is 3. The highest BCUT2D eigenvalue weighted by Crippen LogP contribution is 2.12. The second kappa shape index (κ2) is 12.7. The Hall–Kier alpha value is -1.84. The average Bonchev–Trinajstić information content (AvgIpc) is 2.46. The zero-order valence-electron chi connectivity index (χ0n) is 13.2. The van der Waals surface area contributed by atoms with Crippen LogP contribution >= 0.6 is 11.8 Å². The van der Waals surface area contributed by atoms with Crippen LogP contribution in [0, 0.1) is 10.1 Å². The lowest BCUT2D eigenvalue weighted by molar-refractivity contribution is -0.757. The number of nitrogens with zero attached hydrogens (tertiary/aromatic N) is 1. The van der Waals surface area contributed by atoms with Crippen LogP contribution in [0.3, 0.4) is 0 Å². The van der Waals surface area contributed by atoms with Crippen LogP contribution in [-0.4, -0.2) is 47.1 Å². The summed E-state index contributed by atoms with van der Waals surface area (Å²) in [5.41, 5.74) is 0. The number of amides is 1. The van der Waals surface area contributed by atoms with E-state index in [0.717, 1.165) is 11.8 Å². The van der Waals surface area contributed by atoms with Crippen molar-refractivity contribution < 1.29 is 29.0 Å². The van der Waals surface area contributed by atoms with E-state index < -0.39 is 17.1 Å². The zero-order chi connectivity index (χ0) is 17.7. The van der Waals surface area contributed by atoms with Gasteiger partial charge in [0.2, 0.25) is 5.91 Å². The fourth-order valence-electron chi connectivity index (χ4n) is 1.59. The van der Waals surface area contributed by atoms with Crippen molar-refractivity contribution in [1.29, 1.82) is 0 Å². The van der Waals surface area contributed by atoms with Crippen LogP contribution in [0.4, 0.5) is 0 Å². The molecule has 0 aromatic rings. The van der Waals surface area contributed by atoms with Crippen LogP contribution in [0.15, 0.2) is 0 Å². The molecule has 0 rings (SSSR count). The molecule has 0 heterocycles. The van der Waals surface area contributed by atoms with Crippen LogP contribution in [0.5, 0.6) is 0 Å². The third-order valence-electron chi connectivity index (χ3n) is 2.58. The molecule has 0 aliphatic rings. The first-order valence-corrected chi connectivity index (χ1v) is 8.22. The highest BCUT2D eigenvalue weighted by molar-refractivity contribution is 8.13. The van der Waals surface area contributed by atoms with Crippen molar-refractivity contribution in [2.75, 3.05) is 19.0 Å². The molecule has 132 valence electrons. The summed E-state index contributed by atoms with van der Waals surface area (Å²) in [5, 5.41) is 11.4. The minimum atomic E-state index is -0.852. The first-order valence-electron chi connectivity index (χ1n) is 7.23. The molecule has 1 N–H and O–H groups in total. The number of nitrogens with one attached hydrogen (secondary N) is 1. The molecule has 0 spiro atoms. The van der Waals surface area contributed by atoms with Crippen LogP contribution in [0.25, 0.3) is 0 Å². The molecule has 0 radical (unpaired) electrons. The summed E-state index contributed by atoms with van der Waals surface area (Å²) in [5.74, 6) is -0.830. The molecule has 0 aliphatic carbocycles.